The van der Waals surface area contributed by atoms with Crippen LogP contribution in [0.3, 0.4) is 0 Å². The van der Waals surface area contributed by atoms with Gasteiger partial charge in [0.25, 0.3) is 0 Å². The Hall–Kier alpha value is -2.43. The smallest absolute Gasteiger partial charge is 0.227 e. The van der Waals surface area contributed by atoms with E-state index in [4.69, 9.17) is 4.74 Å². The highest BCUT2D eigenvalue weighted by atomic mass is 19.1. The topological polar surface area (TPSA) is 51.2 Å². The molecule has 0 saturated heterocycles. The van der Waals surface area contributed by atoms with Crippen molar-refractivity contribution in [3.05, 3.63) is 54.1 Å². The molecule has 3 rings (SSSR count). The van der Waals surface area contributed by atoms with E-state index < -0.39 is 5.82 Å². The van der Waals surface area contributed by atoms with Crippen molar-refractivity contribution in [1.29, 1.82) is 0 Å². The molecule has 1 saturated carbocycles. The van der Waals surface area contributed by atoms with E-state index in [2.05, 4.69) is 10.3 Å². The van der Waals surface area contributed by atoms with Crippen molar-refractivity contribution >= 4 is 11.6 Å². The van der Waals surface area contributed by atoms with E-state index >= 15 is 0 Å². The number of hydrogen-bond donors (Lipinski definition) is 1. The van der Waals surface area contributed by atoms with E-state index in [0.717, 1.165) is 12.1 Å². The lowest BCUT2D eigenvalue weighted by Gasteiger charge is -2.09. The molecule has 0 radical (unpaired) electrons. The SMILES string of the molecule is C[C@H]1C[C@H]1C(=O)Nc1ccc(OCc2ccccn2)c(F)c1. The maximum Gasteiger partial charge on any atom is 0.227 e. The van der Waals surface area contributed by atoms with Crippen molar-refractivity contribution in [3.8, 4) is 5.75 Å². The van der Waals surface area contributed by atoms with E-state index in [-0.39, 0.29) is 24.2 Å². The number of anilines is 1. The van der Waals surface area contributed by atoms with Crippen molar-refractivity contribution in [2.45, 2.75) is 20.0 Å². The Morgan fingerprint density at radius 2 is 2.23 bits per heavy atom. The maximum absolute atomic E-state index is 14.0. The Morgan fingerprint density at radius 3 is 2.86 bits per heavy atom. The predicted molar refractivity (Wildman–Crippen MR) is 80.9 cm³/mol. The molecule has 22 heavy (non-hydrogen) atoms. The van der Waals surface area contributed by atoms with E-state index in [1.807, 2.05) is 25.1 Å². The summed E-state index contributed by atoms with van der Waals surface area (Å²) < 4.78 is 19.4. The Balaban J connectivity index is 1.61. The fourth-order valence-electron chi connectivity index (χ4n) is 2.25. The molecule has 1 aromatic heterocycles. The molecular weight excluding hydrogens is 283 g/mol. The van der Waals surface area contributed by atoms with Gasteiger partial charge in [0.05, 0.1) is 5.69 Å². The standard InChI is InChI=1S/C17H17FN2O2/c1-11-8-14(11)17(21)20-12-5-6-16(15(18)9-12)22-10-13-4-2-3-7-19-13/h2-7,9,11,14H,8,10H2,1H3,(H,20,21)/t11-,14+/m0/s1. The van der Waals surface area contributed by atoms with Crippen LogP contribution in [0, 0.1) is 17.7 Å². The quantitative estimate of drug-likeness (QED) is 0.920. The summed E-state index contributed by atoms with van der Waals surface area (Å²) in [7, 11) is 0. The first-order valence-corrected chi connectivity index (χ1v) is 7.26. The number of hydrogen-bond acceptors (Lipinski definition) is 3. The molecule has 2 atom stereocenters. The lowest BCUT2D eigenvalue weighted by atomic mass is 10.2. The van der Waals surface area contributed by atoms with Crippen molar-refractivity contribution in [2.75, 3.05) is 5.32 Å². The summed E-state index contributed by atoms with van der Waals surface area (Å²) in [6.45, 7) is 2.22. The van der Waals surface area contributed by atoms with Crippen LogP contribution in [-0.4, -0.2) is 10.9 Å². The molecule has 1 N–H and O–H groups in total. The molecule has 1 heterocycles. The second-order valence-corrected chi connectivity index (χ2v) is 5.56. The van der Waals surface area contributed by atoms with Crippen LogP contribution in [0.1, 0.15) is 19.0 Å². The summed E-state index contributed by atoms with van der Waals surface area (Å²) in [5, 5.41) is 2.73. The van der Waals surface area contributed by atoms with E-state index in [9.17, 15) is 9.18 Å². The fraction of sp³-hybridized carbons (Fsp3) is 0.294. The monoisotopic (exact) mass is 300 g/mol. The number of nitrogens with zero attached hydrogens (tertiary/aromatic N) is 1. The van der Waals surface area contributed by atoms with E-state index in [1.165, 1.54) is 12.1 Å². The van der Waals surface area contributed by atoms with Gasteiger partial charge in [-0.3, -0.25) is 9.78 Å². The maximum atomic E-state index is 14.0. The van der Waals surface area contributed by atoms with Gasteiger partial charge >= 0.3 is 0 Å². The molecule has 1 aromatic carbocycles. The number of pyridine rings is 1. The molecule has 0 spiro atoms. The summed E-state index contributed by atoms with van der Waals surface area (Å²) in [4.78, 5) is 15.9. The van der Waals surface area contributed by atoms with Gasteiger partial charge in [-0.15, -0.1) is 0 Å². The minimum absolute atomic E-state index is 0.0472. The van der Waals surface area contributed by atoms with Crippen LogP contribution in [0.4, 0.5) is 10.1 Å². The Bertz CT molecular complexity index is 676. The molecule has 0 bridgehead atoms. The third kappa shape index (κ3) is 3.42. The molecule has 1 fully saturated rings. The van der Waals surface area contributed by atoms with Gasteiger partial charge in [0.1, 0.15) is 6.61 Å². The molecule has 5 heteroatoms. The zero-order valence-electron chi connectivity index (χ0n) is 12.3. The molecule has 2 aromatic rings. The molecule has 0 aliphatic heterocycles. The normalized spacial score (nSPS) is 19.5. The highest BCUT2D eigenvalue weighted by Gasteiger charge is 2.39. The molecule has 4 nitrogen and oxygen atoms in total. The van der Waals surface area contributed by atoms with Crippen LogP contribution >= 0.6 is 0 Å². The van der Waals surface area contributed by atoms with E-state index in [1.54, 1.807) is 12.3 Å². The Kier molecular flexibility index (Phi) is 4.04. The molecular formula is C17H17FN2O2. The summed E-state index contributed by atoms with van der Waals surface area (Å²) in [5.74, 6) is 0.0732. The first-order chi connectivity index (χ1) is 10.6. The van der Waals surface area contributed by atoms with Crippen LogP contribution in [-0.2, 0) is 11.4 Å². The van der Waals surface area contributed by atoms with Crippen LogP contribution in [0.2, 0.25) is 0 Å². The van der Waals surface area contributed by atoms with Crippen LogP contribution in [0.15, 0.2) is 42.6 Å². The average molecular weight is 300 g/mol. The highest BCUT2D eigenvalue weighted by Crippen LogP contribution is 2.38. The Labute approximate surface area is 128 Å². The molecule has 0 unspecified atom stereocenters. The number of amides is 1. The summed E-state index contributed by atoms with van der Waals surface area (Å²) >= 11 is 0. The number of nitrogens with one attached hydrogen (secondary N) is 1. The third-order valence-electron chi connectivity index (χ3n) is 3.75. The number of carbonyl (C=O) groups excluding carboxylic acids is 1. The summed E-state index contributed by atoms with van der Waals surface area (Å²) in [6.07, 6.45) is 2.56. The zero-order chi connectivity index (χ0) is 15.5. The third-order valence-corrected chi connectivity index (χ3v) is 3.75. The molecule has 1 aliphatic rings. The first-order valence-electron chi connectivity index (χ1n) is 7.26. The van der Waals surface area contributed by atoms with Gasteiger partial charge in [0, 0.05) is 23.9 Å². The summed E-state index contributed by atoms with van der Waals surface area (Å²) in [5.41, 5.74) is 1.17. The molecule has 114 valence electrons. The van der Waals surface area contributed by atoms with Gasteiger partial charge in [-0.2, -0.15) is 0 Å². The van der Waals surface area contributed by atoms with Crippen molar-refractivity contribution < 1.29 is 13.9 Å². The number of ether oxygens (including phenoxy) is 1. The fourth-order valence-corrected chi connectivity index (χ4v) is 2.25. The van der Waals surface area contributed by atoms with Crippen LogP contribution in [0.25, 0.3) is 0 Å². The minimum atomic E-state index is -0.502. The highest BCUT2D eigenvalue weighted by molar-refractivity contribution is 5.94. The van der Waals surface area contributed by atoms with Crippen molar-refractivity contribution in [1.82, 2.24) is 4.98 Å². The number of benzene rings is 1. The van der Waals surface area contributed by atoms with Gasteiger partial charge in [-0.1, -0.05) is 13.0 Å². The van der Waals surface area contributed by atoms with Crippen LogP contribution in [0.5, 0.6) is 5.75 Å². The predicted octanol–water partition coefficient (Wildman–Crippen LogP) is 3.39. The second kappa shape index (κ2) is 6.13. The Morgan fingerprint density at radius 1 is 1.41 bits per heavy atom. The largest absolute Gasteiger partial charge is 0.484 e. The van der Waals surface area contributed by atoms with E-state index in [0.29, 0.717) is 11.6 Å². The number of carbonyl (C=O) groups is 1. The number of halogens is 1. The van der Waals surface area contributed by atoms with Gasteiger partial charge in [0.15, 0.2) is 11.6 Å². The number of aromatic nitrogens is 1. The van der Waals surface area contributed by atoms with Gasteiger partial charge < -0.3 is 10.1 Å². The number of rotatable bonds is 5. The zero-order valence-corrected chi connectivity index (χ0v) is 12.3. The van der Waals surface area contributed by atoms with Gasteiger partial charge in [-0.25, -0.2) is 4.39 Å². The van der Waals surface area contributed by atoms with Crippen LogP contribution < -0.4 is 10.1 Å². The molecule has 1 aliphatic carbocycles. The lowest BCUT2D eigenvalue weighted by molar-refractivity contribution is -0.117. The van der Waals surface area contributed by atoms with Crippen molar-refractivity contribution in [3.63, 3.8) is 0 Å². The van der Waals surface area contributed by atoms with Crippen molar-refractivity contribution in [2.24, 2.45) is 11.8 Å². The first kappa shape index (κ1) is 14.5. The average Bonchev–Trinajstić information content (AvgIpc) is 3.25. The minimum Gasteiger partial charge on any atom is -0.484 e. The lowest BCUT2D eigenvalue weighted by Crippen LogP contribution is -2.14. The molecule has 1 amide bonds. The second-order valence-electron chi connectivity index (χ2n) is 5.56. The van der Waals surface area contributed by atoms with Gasteiger partial charge in [-0.05, 0) is 36.6 Å². The van der Waals surface area contributed by atoms with Gasteiger partial charge in [0.2, 0.25) is 5.91 Å². The summed E-state index contributed by atoms with van der Waals surface area (Å²) in [6, 6.07) is 9.90.